The third-order valence-electron chi connectivity index (χ3n) is 1.55. The van der Waals surface area contributed by atoms with Gasteiger partial charge in [-0.15, -0.1) is 0 Å². The normalized spacial score (nSPS) is 14.5. The second-order valence-electron chi connectivity index (χ2n) is 2.51. The summed E-state index contributed by atoms with van der Waals surface area (Å²) in [7, 11) is 0. The molecular weight excluding hydrogens is 186 g/mol. The van der Waals surface area contributed by atoms with Gasteiger partial charge in [0, 0.05) is 5.92 Å². The van der Waals surface area contributed by atoms with Crippen molar-refractivity contribution < 1.29 is 9.53 Å². The number of amides is 1. The average Bonchev–Trinajstić information content (AvgIpc) is 2.55. The Morgan fingerprint density at radius 2 is 2.15 bits per heavy atom. The Morgan fingerprint density at radius 3 is 2.69 bits per heavy atom. The molecule has 1 amide bonds. The molecule has 1 N–H and O–H groups in total. The van der Waals surface area contributed by atoms with Crippen LogP contribution >= 0.6 is 12.2 Å². The van der Waals surface area contributed by atoms with Gasteiger partial charge in [0.25, 0.3) is 0 Å². The monoisotopic (exact) mass is 197 g/mol. The van der Waals surface area contributed by atoms with Crippen LogP contribution in [0.15, 0.2) is 24.3 Å². The standard InChI is InChI=1S/C9H11NO2S/c1-2-12-9(11)10-8(13)7-5-3-4-6-7/h3-7H,2H2,1H3,(H,10,11,13). The van der Waals surface area contributed by atoms with Gasteiger partial charge in [-0.2, -0.15) is 0 Å². The van der Waals surface area contributed by atoms with Crippen LogP contribution in [0.4, 0.5) is 4.79 Å². The first-order valence-electron chi connectivity index (χ1n) is 4.06. The molecule has 0 fully saturated rings. The molecule has 1 aliphatic carbocycles. The molecule has 70 valence electrons. The summed E-state index contributed by atoms with van der Waals surface area (Å²) in [6.45, 7) is 2.10. The Kier molecular flexibility index (Phi) is 3.64. The van der Waals surface area contributed by atoms with Crippen molar-refractivity contribution in [3.63, 3.8) is 0 Å². The van der Waals surface area contributed by atoms with Crippen molar-refractivity contribution in [2.75, 3.05) is 6.61 Å². The Balaban J connectivity index is 2.36. The molecule has 0 aromatic carbocycles. The molecule has 0 unspecified atom stereocenters. The third kappa shape index (κ3) is 2.99. The first-order valence-corrected chi connectivity index (χ1v) is 4.47. The van der Waals surface area contributed by atoms with Gasteiger partial charge in [0.1, 0.15) is 0 Å². The molecule has 0 heterocycles. The van der Waals surface area contributed by atoms with Crippen molar-refractivity contribution in [2.45, 2.75) is 6.92 Å². The van der Waals surface area contributed by atoms with E-state index in [0.29, 0.717) is 11.6 Å². The van der Waals surface area contributed by atoms with Crippen LogP contribution in [0.25, 0.3) is 0 Å². The zero-order valence-corrected chi connectivity index (χ0v) is 8.14. The average molecular weight is 197 g/mol. The number of carbonyl (C=O) groups excluding carboxylic acids is 1. The lowest BCUT2D eigenvalue weighted by Crippen LogP contribution is -2.33. The molecule has 0 aromatic heterocycles. The molecule has 3 nitrogen and oxygen atoms in total. The molecule has 0 aromatic rings. The van der Waals surface area contributed by atoms with E-state index in [1.165, 1.54) is 0 Å². The zero-order chi connectivity index (χ0) is 9.68. The summed E-state index contributed by atoms with van der Waals surface area (Å²) in [6.07, 6.45) is 7.12. The smallest absolute Gasteiger partial charge is 0.412 e. The minimum atomic E-state index is -0.485. The molecular formula is C9H11NO2S. The van der Waals surface area contributed by atoms with Gasteiger partial charge in [-0.1, -0.05) is 36.5 Å². The van der Waals surface area contributed by atoms with Gasteiger partial charge in [-0.25, -0.2) is 4.79 Å². The van der Waals surface area contributed by atoms with E-state index in [4.69, 9.17) is 12.2 Å². The lowest BCUT2D eigenvalue weighted by molar-refractivity contribution is 0.158. The number of thiocarbonyl (C=S) groups is 1. The Morgan fingerprint density at radius 1 is 1.54 bits per heavy atom. The Hall–Kier alpha value is -1.16. The van der Waals surface area contributed by atoms with Gasteiger partial charge >= 0.3 is 6.09 Å². The number of ether oxygens (including phenoxy) is 1. The van der Waals surface area contributed by atoms with Gasteiger partial charge in [0.15, 0.2) is 0 Å². The van der Waals surface area contributed by atoms with Crippen molar-refractivity contribution in [3.05, 3.63) is 24.3 Å². The van der Waals surface area contributed by atoms with Crippen LogP contribution in [0, 0.1) is 5.92 Å². The first-order chi connectivity index (χ1) is 6.24. The van der Waals surface area contributed by atoms with Crippen LogP contribution < -0.4 is 5.32 Å². The highest BCUT2D eigenvalue weighted by Gasteiger charge is 2.12. The van der Waals surface area contributed by atoms with E-state index < -0.39 is 6.09 Å². The van der Waals surface area contributed by atoms with E-state index in [-0.39, 0.29) is 5.92 Å². The van der Waals surface area contributed by atoms with E-state index in [1.807, 2.05) is 24.3 Å². The van der Waals surface area contributed by atoms with Crippen molar-refractivity contribution in [1.82, 2.24) is 5.32 Å². The van der Waals surface area contributed by atoms with Crippen LogP contribution in [0.2, 0.25) is 0 Å². The minimum Gasteiger partial charge on any atom is -0.450 e. The highest BCUT2D eigenvalue weighted by Crippen LogP contribution is 2.09. The number of carbonyl (C=O) groups is 1. The van der Waals surface area contributed by atoms with Crippen molar-refractivity contribution >= 4 is 23.3 Å². The molecule has 0 saturated heterocycles. The van der Waals surface area contributed by atoms with Crippen LogP contribution in [0.1, 0.15) is 6.92 Å². The lowest BCUT2D eigenvalue weighted by Gasteiger charge is -2.09. The number of hydrogen-bond donors (Lipinski definition) is 1. The summed E-state index contributed by atoms with van der Waals surface area (Å²) in [5.74, 6) is 0.0272. The molecule has 0 atom stereocenters. The zero-order valence-electron chi connectivity index (χ0n) is 7.32. The number of hydrogen-bond acceptors (Lipinski definition) is 3. The topological polar surface area (TPSA) is 38.3 Å². The number of rotatable bonds is 2. The van der Waals surface area contributed by atoms with E-state index in [2.05, 4.69) is 10.1 Å². The van der Waals surface area contributed by atoms with Crippen molar-refractivity contribution in [3.8, 4) is 0 Å². The summed E-state index contributed by atoms with van der Waals surface area (Å²) in [5, 5.41) is 2.49. The number of nitrogens with one attached hydrogen (secondary N) is 1. The van der Waals surface area contributed by atoms with Crippen LogP contribution in [0.3, 0.4) is 0 Å². The largest absolute Gasteiger partial charge is 0.450 e. The minimum absolute atomic E-state index is 0.0272. The maximum atomic E-state index is 10.9. The predicted octanol–water partition coefficient (Wildman–Crippen LogP) is 1.80. The summed E-state index contributed by atoms with van der Waals surface area (Å²) in [4.78, 5) is 11.4. The fraction of sp³-hybridized carbons (Fsp3) is 0.333. The summed E-state index contributed by atoms with van der Waals surface area (Å²) in [6, 6.07) is 0. The van der Waals surface area contributed by atoms with Gasteiger partial charge in [0.2, 0.25) is 0 Å². The van der Waals surface area contributed by atoms with Gasteiger partial charge in [0.05, 0.1) is 11.6 Å². The molecule has 0 saturated carbocycles. The van der Waals surface area contributed by atoms with E-state index >= 15 is 0 Å². The van der Waals surface area contributed by atoms with Gasteiger partial charge in [-0.3, -0.25) is 5.32 Å². The summed E-state index contributed by atoms with van der Waals surface area (Å²) >= 11 is 4.99. The predicted molar refractivity (Wildman–Crippen MR) is 54.5 cm³/mol. The molecule has 13 heavy (non-hydrogen) atoms. The molecule has 1 rings (SSSR count). The number of alkyl carbamates (subject to hydrolysis) is 1. The second-order valence-corrected chi connectivity index (χ2v) is 2.95. The fourth-order valence-corrected chi connectivity index (χ4v) is 1.20. The van der Waals surface area contributed by atoms with Crippen LogP contribution in [-0.4, -0.2) is 17.7 Å². The molecule has 4 heteroatoms. The van der Waals surface area contributed by atoms with Gasteiger partial charge < -0.3 is 4.74 Å². The Labute approximate surface area is 82.5 Å². The second kappa shape index (κ2) is 4.77. The quantitative estimate of drug-likeness (QED) is 0.686. The number of allylic oxidation sites excluding steroid dienone is 2. The molecule has 0 spiro atoms. The molecule has 1 aliphatic rings. The molecule has 0 bridgehead atoms. The first kappa shape index (κ1) is 9.92. The van der Waals surface area contributed by atoms with Crippen molar-refractivity contribution in [2.24, 2.45) is 5.92 Å². The Bertz CT molecular complexity index is 259. The maximum Gasteiger partial charge on any atom is 0.412 e. The third-order valence-corrected chi connectivity index (χ3v) is 1.93. The molecule has 0 aliphatic heterocycles. The fourth-order valence-electron chi connectivity index (χ4n) is 0.958. The van der Waals surface area contributed by atoms with E-state index in [9.17, 15) is 4.79 Å². The maximum absolute atomic E-state index is 10.9. The van der Waals surface area contributed by atoms with Gasteiger partial charge in [-0.05, 0) is 6.92 Å². The highest BCUT2D eigenvalue weighted by molar-refractivity contribution is 7.80. The van der Waals surface area contributed by atoms with Crippen LogP contribution in [-0.2, 0) is 4.74 Å². The lowest BCUT2D eigenvalue weighted by atomic mass is 10.2. The van der Waals surface area contributed by atoms with Crippen molar-refractivity contribution in [1.29, 1.82) is 0 Å². The van der Waals surface area contributed by atoms with Crippen LogP contribution in [0.5, 0.6) is 0 Å². The SMILES string of the molecule is CCOC(=O)NC(=S)C1C=CC=C1. The van der Waals surface area contributed by atoms with E-state index in [1.54, 1.807) is 6.92 Å². The summed E-state index contributed by atoms with van der Waals surface area (Å²) < 4.78 is 4.69. The summed E-state index contributed by atoms with van der Waals surface area (Å²) in [5.41, 5.74) is 0. The van der Waals surface area contributed by atoms with E-state index in [0.717, 1.165) is 0 Å². The highest BCUT2D eigenvalue weighted by atomic mass is 32.1. The molecule has 0 radical (unpaired) electrons.